The minimum absolute atomic E-state index is 0.0684. The molecule has 0 atom stereocenters. The Kier molecular flexibility index (Phi) is 2.75. The molecule has 1 saturated carbocycles. The lowest BCUT2D eigenvalue weighted by Gasteiger charge is -2.21. The van der Waals surface area contributed by atoms with E-state index in [1.54, 1.807) is 0 Å². The van der Waals surface area contributed by atoms with Gasteiger partial charge in [0.1, 0.15) is 10.5 Å². The molecule has 0 radical (unpaired) electrons. The smallest absolute Gasteiger partial charge is 0.144 e. The first-order chi connectivity index (χ1) is 6.89. The summed E-state index contributed by atoms with van der Waals surface area (Å²) < 4.78 is 1.62. The first-order valence-electron chi connectivity index (χ1n) is 5.20. The number of nitrogens with one attached hydrogen (secondary N) is 1. The molecule has 15 heavy (non-hydrogen) atoms. The van der Waals surface area contributed by atoms with Crippen LogP contribution < -0.4 is 0 Å². The maximum absolute atomic E-state index is 5.27. The molecule has 1 N–H and O–H groups in total. The van der Waals surface area contributed by atoms with Gasteiger partial charge in [0.15, 0.2) is 0 Å². The lowest BCUT2D eigenvalue weighted by atomic mass is 9.92. The quantitative estimate of drug-likeness (QED) is 0.788. The van der Waals surface area contributed by atoms with Crippen molar-refractivity contribution in [2.75, 3.05) is 0 Å². The topological polar surface area (TPSA) is 28.7 Å². The van der Waals surface area contributed by atoms with Crippen molar-refractivity contribution in [3.05, 3.63) is 20.6 Å². The minimum Gasteiger partial charge on any atom is -0.345 e. The van der Waals surface area contributed by atoms with E-state index < -0.39 is 0 Å². The molecule has 1 aromatic heterocycles. The molecular formula is C11H15BrN2S. The van der Waals surface area contributed by atoms with Crippen LogP contribution in [0.2, 0.25) is 0 Å². The van der Waals surface area contributed by atoms with Crippen LogP contribution in [0, 0.1) is 4.64 Å². The Morgan fingerprint density at radius 1 is 1.40 bits per heavy atom. The normalized spacial score (nSPS) is 16.8. The average molecular weight is 287 g/mol. The zero-order valence-corrected chi connectivity index (χ0v) is 11.6. The van der Waals surface area contributed by atoms with Crippen LogP contribution >= 0.6 is 28.1 Å². The van der Waals surface area contributed by atoms with Crippen molar-refractivity contribution < 1.29 is 0 Å². The van der Waals surface area contributed by atoms with Crippen molar-refractivity contribution >= 4 is 28.1 Å². The Balaban J connectivity index is 2.57. The fourth-order valence-electron chi connectivity index (χ4n) is 1.54. The predicted molar refractivity (Wildman–Crippen MR) is 67.8 cm³/mol. The third-order valence-electron chi connectivity index (χ3n) is 2.60. The van der Waals surface area contributed by atoms with Crippen LogP contribution in [0.15, 0.2) is 4.47 Å². The minimum atomic E-state index is 0.0684. The van der Waals surface area contributed by atoms with E-state index in [0.717, 1.165) is 16.0 Å². The highest BCUT2D eigenvalue weighted by Gasteiger charge is 2.28. The van der Waals surface area contributed by atoms with Gasteiger partial charge in [0, 0.05) is 17.0 Å². The predicted octanol–water partition coefficient (Wildman–Crippen LogP) is 4.08. The van der Waals surface area contributed by atoms with Gasteiger partial charge < -0.3 is 4.98 Å². The Morgan fingerprint density at radius 3 is 2.47 bits per heavy atom. The van der Waals surface area contributed by atoms with E-state index in [2.05, 4.69) is 46.7 Å². The molecule has 1 fully saturated rings. The fraction of sp³-hybridized carbons (Fsp3) is 0.636. The molecule has 0 aliphatic heterocycles. The summed E-state index contributed by atoms with van der Waals surface area (Å²) in [6, 6.07) is 0. The summed E-state index contributed by atoms with van der Waals surface area (Å²) in [5.74, 6) is 1.68. The van der Waals surface area contributed by atoms with Crippen LogP contribution in [-0.4, -0.2) is 9.97 Å². The lowest BCUT2D eigenvalue weighted by Crippen LogP contribution is -2.16. The number of nitrogens with zero attached hydrogens (tertiary/aromatic N) is 1. The Hall–Kier alpha value is -0.220. The highest BCUT2D eigenvalue weighted by atomic mass is 79.9. The molecule has 1 aliphatic carbocycles. The first kappa shape index (κ1) is 11.3. The van der Waals surface area contributed by atoms with Gasteiger partial charge in [-0.2, -0.15) is 0 Å². The number of hydrogen-bond donors (Lipinski definition) is 1. The molecule has 82 valence electrons. The summed E-state index contributed by atoms with van der Waals surface area (Å²) >= 11 is 8.79. The number of rotatable bonds is 1. The summed E-state index contributed by atoms with van der Waals surface area (Å²) in [6.45, 7) is 6.53. The number of hydrogen-bond acceptors (Lipinski definition) is 2. The fourth-order valence-corrected chi connectivity index (χ4v) is 2.53. The van der Waals surface area contributed by atoms with Crippen LogP contribution in [0.25, 0.3) is 0 Å². The molecule has 0 unspecified atom stereocenters. The van der Waals surface area contributed by atoms with Crippen LogP contribution in [0.3, 0.4) is 0 Å². The maximum Gasteiger partial charge on any atom is 0.144 e. The van der Waals surface area contributed by atoms with Gasteiger partial charge in [0.05, 0.1) is 4.47 Å². The van der Waals surface area contributed by atoms with Gasteiger partial charge in [0.25, 0.3) is 0 Å². The van der Waals surface area contributed by atoms with E-state index in [0.29, 0.717) is 10.6 Å². The highest BCUT2D eigenvalue weighted by Crippen LogP contribution is 2.39. The zero-order chi connectivity index (χ0) is 11.2. The third kappa shape index (κ3) is 2.31. The van der Waals surface area contributed by atoms with Crippen LogP contribution in [0.1, 0.15) is 51.0 Å². The summed E-state index contributed by atoms with van der Waals surface area (Å²) in [5.41, 5.74) is 1.23. The van der Waals surface area contributed by atoms with Crippen molar-refractivity contribution in [1.82, 2.24) is 9.97 Å². The maximum atomic E-state index is 5.27. The second kappa shape index (κ2) is 3.67. The van der Waals surface area contributed by atoms with Crippen molar-refractivity contribution in [1.29, 1.82) is 0 Å². The van der Waals surface area contributed by atoms with Gasteiger partial charge in [-0.05, 0) is 28.8 Å². The summed E-state index contributed by atoms with van der Waals surface area (Å²) in [7, 11) is 0. The average Bonchev–Trinajstić information content (AvgIpc) is 2.90. The molecule has 2 rings (SSSR count). The van der Waals surface area contributed by atoms with Crippen molar-refractivity contribution in [2.45, 2.75) is 44.9 Å². The summed E-state index contributed by atoms with van der Waals surface area (Å²) in [6.07, 6.45) is 2.48. The number of H-pyrrole nitrogens is 1. The van der Waals surface area contributed by atoms with Gasteiger partial charge in [-0.3, -0.25) is 0 Å². The monoisotopic (exact) mass is 286 g/mol. The first-order valence-corrected chi connectivity index (χ1v) is 6.40. The SMILES string of the molecule is CC(C)(C)c1[nH]c(C2CC2)nc(=S)c1Br. The molecule has 1 aliphatic rings. The van der Waals surface area contributed by atoms with Gasteiger partial charge in [-0.15, -0.1) is 0 Å². The molecule has 0 saturated heterocycles. The molecule has 2 nitrogen and oxygen atoms in total. The zero-order valence-electron chi connectivity index (χ0n) is 9.22. The second-order valence-electron chi connectivity index (χ2n) is 5.14. The third-order valence-corrected chi connectivity index (χ3v) is 3.93. The molecule has 0 bridgehead atoms. The molecule has 4 heteroatoms. The molecule has 0 spiro atoms. The van der Waals surface area contributed by atoms with Crippen molar-refractivity contribution in [3.63, 3.8) is 0 Å². The van der Waals surface area contributed by atoms with E-state index >= 15 is 0 Å². The van der Waals surface area contributed by atoms with Crippen molar-refractivity contribution in [3.8, 4) is 0 Å². The number of aromatic nitrogens is 2. The number of aromatic amines is 1. The summed E-state index contributed by atoms with van der Waals surface area (Å²) in [5, 5.41) is 0. The van der Waals surface area contributed by atoms with E-state index in [4.69, 9.17) is 12.2 Å². The van der Waals surface area contributed by atoms with Gasteiger partial charge in [-0.1, -0.05) is 33.0 Å². The number of halogens is 1. The summed E-state index contributed by atoms with van der Waals surface area (Å²) in [4.78, 5) is 7.85. The van der Waals surface area contributed by atoms with Gasteiger partial charge in [-0.25, -0.2) is 4.98 Å². The Morgan fingerprint density at radius 2 is 2.00 bits per heavy atom. The van der Waals surface area contributed by atoms with Gasteiger partial charge in [0.2, 0.25) is 0 Å². The van der Waals surface area contributed by atoms with Crippen LogP contribution in [0.4, 0.5) is 0 Å². The Bertz CT molecular complexity index is 441. The second-order valence-corrected chi connectivity index (χ2v) is 6.32. The lowest BCUT2D eigenvalue weighted by molar-refractivity contribution is 0.557. The van der Waals surface area contributed by atoms with Crippen molar-refractivity contribution in [2.24, 2.45) is 0 Å². The van der Waals surface area contributed by atoms with Crippen LogP contribution in [0.5, 0.6) is 0 Å². The van der Waals surface area contributed by atoms with Crippen LogP contribution in [-0.2, 0) is 5.41 Å². The molecule has 0 aromatic carbocycles. The molecule has 1 aromatic rings. The highest BCUT2D eigenvalue weighted by molar-refractivity contribution is 9.10. The van der Waals surface area contributed by atoms with E-state index in [-0.39, 0.29) is 5.41 Å². The van der Waals surface area contributed by atoms with E-state index in [1.807, 2.05) is 0 Å². The Labute approximate surface area is 104 Å². The van der Waals surface area contributed by atoms with E-state index in [9.17, 15) is 0 Å². The molecule has 0 amide bonds. The van der Waals surface area contributed by atoms with E-state index in [1.165, 1.54) is 12.8 Å². The largest absolute Gasteiger partial charge is 0.345 e. The molecule has 1 heterocycles. The standard InChI is InChI=1S/C11H15BrN2S/c1-11(2,3)8-7(12)10(15)14-9(13-8)6-4-5-6/h6H,4-5H2,1-3H3,(H,13,14,15). The molecular weight excluding hydrogens is 272 g/mol. The van der Waals surface area contributed by atoms with Gasteiger partial charge >= 0.3 is 0 Å².